The Bertz CT molecular complexity index is 490. The lowest BCUT2D eigenvalue weighted by Crippen LogP contribution is -2.43. The van der Waals surface area contributed by atoms with Crippen molar-refractivity contribution < 1.29 is 4.79 Å². The monoisotopic (exact) mass is 242 g/mol. The van der Waals surface area contributed by atoms with Gasteiger partial charge in [-0.15, -0.1) is 0 Å². The Morgan fingerprint density at radius 3 is 2.50 bits per heavy atom. The largest absolute Gasteiger partial charge is 0.273 e. The molecule has 2 aliphatic rings. The van der Waals surface area contributed by atoms with Crippen LogP contribution in [0.4, 0.5) is 0 Å². The van der Waals surface area contributed by atoms with Crippen LogP contribution in [-0.2, 0) is 4.79 Å². The lowest BCUT2D eigenvalue weighted by atomic mass is 9.74. The van der Waals surface area contributed by atoms with Crippen molar-refractivity contribution in [3.8, 4) is 0 Å². The van der Waals surface area contributed by atoms with E-state index in [-0.39, 0.29) is 11.8 Å². The molecular formula is C15H18N2O. The minimum absolute atomic E-state index is 0.107. The van der Waals surface area contributed by atoms with E-state index in [0.29, 0.717) is 5.92 Å². The Kier molecular flexibility index (Phi) is 2.90. The van der Waals surface area contributed by atoms with Crippen molar-refractivity contribution in [2.24, 2.45) is 16.9 Å². The SMILES string of the molecule is Cc1ccc(C2=NNC(=O)[C@@H]3CCCC[C@@H]23)cc1. The maximum atomic E-state index is 11.8. The number of fused-ring (bicyclic) bond motifs is 1. The van der Waals surface area contributed by atoms with Gasteiger partial charge < -0.3 is 0 Å². The summed E-state index contributed by atoms with van der Waals surface area (Å²) in [6.07, 6.45) is 4.46. The van der Waals surface area contributed by atoms with Gasteiger partial charge in [-0.25, -0.2) is 5.43 Å². The molecule has 0 radical (unpaired) electrons. The fourth-order valence-corrected chi connectivity index (χ4v) is 3.06. The van der Waals surface area contributed by atoms with Gasteiger partial charge in [-0.2, -0.15) is 5.10 Å². The van der Waals surface area contributed by atoms with Crippen LogP contribution in [-0.4, -0.2) is 11.6 Å². The van der Waals surface area contributed by atoms with E-state index >= 15 is 0 Å². The summed E-state index contributed by atoms with van der Waals surface area (Å²) in [5.74, 6) is 0.554. The van der Waals surface area contributed by atoms with Crippen molar-refractivity contribution >= 4 is 11.6 Å². The molecule has 1 amide bonds. The quantitative estimate of drug-likeness (QED) is 0.808. The van der Waals surface area contributed by atoms with Crippen molar-refractivity contribution in [3.05, 3.63) is 35.4 Å². The van der Waals surface area contributed by atoms with Crippen molar-refractivity contribution in [2.45, 2.75) is 32.6 Å². The fourth-order valence-electron chi connectivity index (χ4n) is 3.06. The first-order valence-corrected chi connectivity index (χ1v) is 6.70. The molecule has 1 saturated carbocycles. The molecule has 94 valence electrons. The highest BCUT2D eigenvalue weighted by Crippen LogP contribution is 2.34. The van der Waals surface area contributed by atoms with E-state index < -0.39 is 0 Å². The Morgan fingerprint density at radius 1 is 1.11 bits per heavy atom. The number of hydrogen-bond acceptors (Lipinski definition) is 2. The van der Waals surface area contributed by atoms with Crippen LogP contribution >= 0.6 is 0 Å². The average molecular weight is 242 g/mol. The predicted octanol–water partition coefficient (Wildman–Crippen LogP) is 2.64. The molecule has 1 aliphatic heterocycles. The molecule has 0 aromatic heterocycles. The van der Waals surface area contributed by atoms with Crippen LogP contribution in [0.5, 0.6) is 0 Å². The van der Waals surface area contributed by atoms with Crippen molar-refractivity contribution in [1.29, 1.82) is 0 Å². The Hall–Kier alpha value is -1.64. The molecule has 18 heavy (non-hydrogen) atoms. The lowest BCUT2D eigenvalue weighted by molar-refractivity contribution is -0.127. The van der Waals surface area contributed by atoms with Gasteiger partial charge >= 0.3 is 0 Å². The first-order valence-electron chi connectivity index (χ1n) is 6.70. The number of nitrogens with one attached hydrogen (secondary N) is 1. The smallest absolute Gasteiger partial charge is 0.243 e. The number of amides is 1. The van der Waals surface area contributed by atoms with Gasteiger partial charge in [-0.3, -0.25) is 4.79 Å². The molecular weight excluding hydrogens is 224 g/mol. The Morgan fingerprint density at radius 2 is 1.78 bits per heavy atom. The Balaban J connectivity index is 1.95. The molecule has 0 spiro atoms. The zero-order chi connectivity index (χ0) is 12.5. The maximum absolute atomic E-state index is 11.8. The van der Waals surface area contributed by atoms with E-state index in [0.717, 1.165) is 30.5 Å². The first-order chi connectivity index (χ1) is 8.75. The number of carbonyl (C=O) groups excluding carboxylic acids is 1. The summed E-state index contributed by atoms with van der Waals surface area (Å²) < 4.78 is 0. The van der Waals surface area contributed by atoms with E-state index in [4.69, 9.17) is 0 Å². The summed E-state index contributed by atoms with van der Waals surface area (Å²) in [4.78, 5) is 11.8. The number of hydrazone groups is 1. The second kappa shape index (κ2) is 4.56. The van der Waals surface area contributed by atoms with Crippen molar-refractivity contribution in [3.63, 3.8) is 0 Å². The third kappa shape index (κ3) is 1.94. The van der Waals surface area contributed by atoms with Crippen LogP contribution in [0, 0.1) is 18.8 Å². The normalized spacial score (nSPS) is 27.2. The lowest BCUT2D eigenvalue weighted by Gasteiger charge is -2.34. The third-order valence-corrected chi connectivity index (χ3v) is 4.09. The maximum Gasteiger partial charge on any atom is 0.243 e. The summed E-state index contributed by atoms with van der Waals surface area (Å²) >= 11 is 0. The number of rotatable bonds is 1. The highest BCUT2D eigenvalue weighted by molar-refractivity contribution is 6.06. The summed E-state index contributed by atoms with van der Waals surface area (Å²) in [5.41, 5.74) is 6.16. The molecule has 2 atom stereocenters. The fraction of sp³-hybridized carbons (Fsp3) is 0.467. The van der Waals surface area contributed by atoms with Gasteiger partial charge in [0.05, 0.1) is 5.71 Å². The summed E-state index contributed by atoms with van der Waals surface area (Å²) in [6, 6.07) is 8.42. The van der Waals surface area contributed by atoms with Crippen LogP contribution in [0.1, 0.15) is 36.8 Å². The van der Waals surface area contributed by atoms with Gasteiger partial charge in [0.1, 0.15) is 0 Å². The van der Waals surface area contributed by atoms with Crippen LogP contribution in [0.2, 0.25) is 0 Å². The third-order valence-electron chi connectivity index (χ3n) is 4.09. The van der Waals surface area contributed by atoms with Gasteiger partial charge in [0.25, 0.3) is 0 Å². The molecule has 3 rings (SSSR count). The molecule has 3 heteroatoms. The molecule has 1 heterocycles. The van der Waals surface area contributed by atoms with Crippen molar-refractivity contribution in [2.75, 3.05) is 0 Å². The van der Waals surface area contributed by atoms with E-state index in [9.17, 15) is 4.79 Å². The first kappa shape index (κ1) is 11.5. The van der Waals surface area contributed by atoms with Crippen molar-refractivity contribution in [1.82, 2.24) is 5.43 Å². The summed E-state index contributed by atoms with van der Waals surface area (Å²) in [6.45, 7) is 2.08. The molecule has 1 aromatic rings. The topological polar surface area (TPSA) is 41.5 Å². The number of nitrogens with zero attached hydrogens (tertiary/aromatic N) is 1. The van der Waals surface area contributed by atoms with E-state index in [1.165, 1.54) is 12.0 Å². The van der Waals surface area contributed by atoms with Gasteiger partial charge in [-0.1, -0.05) is 42.7 Å². The number of carbonyl (C=O) groups is 1. The average Bonchev–Trinajstić information content (AvgIpc) is 2.41. The second-order valence-corrected chi connectivity index (χ2v) is 5.34. The molecule has 1 aromatic carbocycles. The van der Waals surface area contributed by atoms with Crippen LogP contribution in [0.3, 0.4) is 0 Å². The molecule has 1 aliphatic carbocycles. The van der Waals surface area contributed by atoms with Crippen LogP contribution in [0.25, 0.3) is 0 Å². The summed E-state index contributed by atoms with van der Waals surface area (Å²) in [7, 11) is 0. The van der Waals surface area contributed by atoms with Crippen LogP contribution in [0.15, 0.2) is 29.4 Å². The highest BCUT2D eigenvalue weighted by atomic mass is 16.2. The minimum atomic E-state index is 0.107. The molecule has 1 fully saturated rings. The van der Waals surface area contributed by atoms with Crippen LogP contribution < -0.4 is 5.43 Å². The van der Waals surface area contributed by atoms with E-state index in [1.54, 1.807) is 0 Å². The summed E-state index contributed by atoms with van der Waals surface area (Å²) in [5, 5.41) is 4.31. The van der Waals surface area contributed by atoms with Gasteiger partial charge in [0.15, 0.2) is 0 Å². The standard InChI is InChI=1S/C15H18N2O/c1-10-6-8-11(9-7-10)14-12-4-2-3-5-13(12)15(18)17-16-14/h6-9,12-13H,2-5H2,1H3,(H,17,18)/t12-,13-/m1/s1. The van der Waals surface area contributed by atoms with Gasteiger partial charge in [0, 0.05) is 11.8 Å². The minimum Gasteiger partial charge on any atom is -0.273 e. The number of hydrogen-bond donors (Lipinski definition) is 1. The molecule has 3 nitrogen and oxygen atoms in total. The second-order valence-electron chi connectivity index (χ2n) is 5.34. The van der Waals surface area contributed by atoms with E-state index in [1.807, 2.05) is 0 Å². The molecule has 0 saturated heterocycles. The molecule has 0 bridgehead atoms. The zero-order valence-electron chi connectivity index (χ0n) is 10.6. The molecule has 0 unspecified atom stereocenters. The zero-order valence-corrected chi connectivity index (χ0v) is 10.6. The van der Waals surface area contributed by atoms with E-state index in [2.05, 4.69) is 41.7 Å². The van der Waals surface area contributed by atoms with Gasteiger partial charge in [0.2, 0.25) is 5.91 Å². The predicted molar refractivity (Wildman–Crippen MR) is 71.3 cm³/mol. The van der Waals surface area contributed by atoms with Gasteiger partial charge in [-0.05, 0) is 25.3 Å². The number of aryl methyl sites for hydroxylation is 1. The highest BCUT2D eigenvalue weighted by Gasteiger charge is 2.37. The molecule has 1 N–H and O–H groups in total. The number of benzene rings is 1. The Labute approximate surface area is 107 Å².